The quantitative estimate of drug-likeness (QED) is 0.581. The molecule has 9 nitrogen and oxygen atoms in total. The first kappa shape index (κ1) is 20.9. The number of aromatic nitrogens is 4. The maximum Gasteiger partial charge on any atom is 0.211 e. The van der Waals surface area contributed by atoms with Crippen molar-refractivity contribution in [2.24, 2.45) is 0 Å². The Bertz CT molecular complexity index is 1130. The van der Waals surface area contributed by atoms with E-state index in [0.29, 0.717) is 32.0 Å². The first-order chi connectivity index (χ1) is 14.4. The van der Waals surface area contributed by atoms with E-state index in [-0.39, 0.29) is 6.17 Å². The minimum absolute atomic E-state index is 0.0280. The highest BCUT2D eigenvalue weighted by Crippen LogP contribution is 2.18. The third kappa shape index (κ3) is 4.22. The van der Waals surface area contributed by atoms with Crippen molar-refractivity contribution in [2.75, 3.05) is 39.5 Å². The lowest BCUT2D eigenvalue weighted by Gasteiger charge is -2.43. The van der Waals surface area contributed by atoms with Crippen LogP contribution in [0.5, 0.6) is 0 Å². The number of piperazine rings is 1. The van der Waals surface area contributed by atoms with Gasteiger partial charge in [-0.25, -0.2) is 23.4 Å². The standard InChI is InChI=1S/C20H27N7O2S/c1-4-25(20-14-26(30(3,28)29)12-11-24(20)2)13-18-21-10-9-19(23-18)27-15-22-16-7-5-6-8-17(16)27/h5-10,15,20H,4,11-14H2,1-3H3. The summed E-state index contributed by atoms with van der Waals surface area (Å²) in [7, 11) is -1.19. The Balaban J connectivity index is 1.58. The normalized spacial score (nSPS) is 19.0. The van der Waals surface area contributed by atoms with Gasteiger partial charge in [-0.3, -0.25) is 14.4 Å². The van der Waals surface area contributed by atoms with Crippen molar-refractivity contribution in [1.29, 1.82) is 0 Å². The summed E-state index contributed by atoms with van der Waals surface area (Å²) >= 11 is 0. The second-order valence-electron chi connectivity index (χ2n) is 7.58. The van der Waals surface area contributed by atoms with Crippen molar-refractivity contribution >= 4 is 21.1 Å². The number of likely N-dealkylation sites (N-methyl/N-ethyl adjacent to an activating group) is 2. The molecule has 3 heterocycles. The van der Waals surface area contributed by atoms with Gasteiger partial charge in [0.05, 0.1) is 30.0 Å². The number of sulfonamides is 1. The number of fused-ring (bicyclic) bond motifs is 1. The molecule has 2 aromatic heterocycles. The molecule has 30 heavy (non-hydrogen) atoms. The topological polar surface area (TPSA) is 87.5 Å². The fraction of sp³-hybridized carbons (Fsp3) is 0.450. The zero-order valence-electron chi connectivity index (χ0n) is 17.5. The van der Waals surface area contributed by atoms with Crippen LogP contribution in [0.25, 0.3) is 16.9 Å². The molecular weight excluding hydrogens is 402 g/mol. The molecule has 160 valence electrons. The number of benzene rings is 1. The van der Waals surface area contributed by atoms with Gasteiger partial charge in [-0.2, -0.15) is 4.31 Å². The lowest BCUT2D eigenvalue weighted by molar-refractivity contribution is 0.0142. The van der Waals surface area contributed by atoms with Crippen LogP contribution in [0.3, 0.4) is 0 Å². The van der Waals surface area contributed by atoms with Gasteiger partial charge < -0.3 is 0 Å². The van der Waals surface area contributed by atoms with E-state index in [9.17, 15) is 8.42 Å². The summed E-state index contributed by atoms with van der Waals surface area (Å²) in [6.07, 6.45) is 4.77. The zero-order valence-corrected chi connectivity index (χ0v) is 18.3. The molecule has 1 fully saturated rings. The van der Waals surface area contributed by atoms with E-state index in [1.165, 1.54) is 6.26 Å². The molecule has 3 aromatic rings. The fourth-order valence-corrected chi connectivity index (χ4v) is 4.69. The van der Waals surface area contributed by atoms with Crippen molar-refractivity contribution in [2.45, 2.75) is 19.6 Å². The summed E-state index contributed by atoms with van der Waals surface area (Å²) < 4.78 is 27.6. The van der Waals surface area contributed by atoms with E-state index in [0.717, 1.165) is 23.4 Å². The molecule has 1 unspecified atom stereocenters. The molecule has 0 amide bonds. The van der Waals surface area contributed by atoms with Crippen LogP contribution in [0, 0.1) is 0 Å². The molecule has 0 saturated carbocycles. The minimum Gasteiger partial charge on any atom is -0.289 e. The molecule has 0 radical (unpaired) electrons. The Kier molecular flexibility index (Phi) is 5.83. The Hall–Kier alpha value is -2.40. The Morgan fingerprint density at radius 3 is 2.73 bits per heavy atom. The van der Waals surface area contributed by atoms with Crippen molar-refractivity contribution in [3.05, 3.63) is 48.7 Å². The van der Waals surface area contributed by atoms with Gasteiger partial charge >= 0.3 is 0 Å². The Labute approximate surface area is 177 Å². The lowest BCUT2D eigenvalue weighted by atomic mass is 10.2. The molecule has 1 aliphatic rings. The van der Waals surface area contributed by atoms with Gasteiger partial charge in [0.1, 0.15) is 18.0 Å². The molecule has 10 heteroatoms. The van der Waals surface area contributed by atoms with Crippen molar-refractivity contribution in [3.63, 3.8) is 0 Å². The van der Waals surface area contributed by atoms with E-state index < -0.39 is 10.0 Å². The van der Waals surface area contributed by atoms with Crippen LogP contribution in [-0.2, 0) is 16.6 Å². The molecule has 1 aromatic carbocycles. The number of nitrogens with zero attached hydrogens (tertiary/aromatic N) is 7. The summed E-state index contributed by atoms with van der Waals surface area (Å²) in [5.41, 5.74) is 1.91. The highest BCUT2D eigenvalue weighted by atomic mass is 32.2. The minimum atomic E-state index is -3.22. The maximum atomic E-state index is 12.0. The average molecular weight is 430 g/mol. The molecule has 1 atom stereocenters. The number of hydrogen-bond donors (Lipinski definition) is 0. The lowest BCUT2D eigenvalue weighted by Crippen LogP contribution is -2.59. The SMILES string of the molecule is CCN(Cc1nccc(-n2cnc3ccccc32)n1)C1CN(S(C)(=O)=O)CCN1C. The Morgan fingerprint density at radius 2 is 1.97 bits per heavy atom. The smallest absolute Gasteiger partial charge is 0.211 e. The number of para-hydroxylation sites is 2. The van der Waals surface area contributed by atoms with Gasteiger partial charge in [0.2, 0.25) is 10.0 Å². The van der Waals surface area contributed by atoms with E-state index in [1.54, 1.807) is 16.8 Å². The van der Waals surface area contributed by atoms with Crippen molar-refractivity contribution in [1.82, 2.24) is 33.6 Å². The van der Waals surface area contributed by atoms with Gasteiger partial charge in [-0.05, 0) is 31.8 Å². The second kappa shape index (κ2) is 8.38. The first-order valence-corrected chi connectivity index (χ1v) is 11.9. The van der Waals surface area contributed by atoms with Crippen LogP contribution in [0.4, 0.5) is 0 Å². The summed E-state index contributed by atoms with van der Waals surface area (Å²) in [6.45, 7) is 5.01. The third-order valence-corrected chi connectivity index (χ3v) is 6.88. The summed E-state index contributed by atoms with van der Waals surface area (Å²) in [5.74, 6) is 1.46. The molecule has 0 spiro atoms. The molecule has 0 bridgehead atoms. The van der Waals surface area contributed by atoms with E-state index >= 15 is 0 Å². The predicted octanol–water partition coefficient (Wildman–Crippen LogP) is 1.17. The van der Waals surface area contributed by atoms with Gasteiger partial charge in [-0.1, -0.05) is 19.1 Å². The van der Waals surface area contributed by atoms with Crippen molar-refractivity contribution in [3.8, 4) is 5.82 Å². The van der Waals surface area contributed by atoms with Crippen LogP contribution in [0.1, 0.15) is 12.7 Å². The number of imidazole rings is 1. The monoisotopic (exact) mass is 429 g/mol. The molecule has 0 aliphatic carbocycles. The largest absolute Gasteiger partial charge is 0.289 e. The highest BCUT2D eigenvalue weighted by molar-refractivity contribution is 7.88. The summed E-state index contributed by atoms with van der Waals surface area (Å²) in [6, 6.07) is 9.79. The van der Waals surface area contributed by atoms with Crippen LogP contribution >= 0.6 is 0 Å². The fourth-order valence-electron chi connectivity index (χ4n) is 3.88. The maximum absolute atomic E-state index is 12.0. The third-order valence-electron chi connectivity index (χ3n) is 5.61. The van der Waals surface area contributed by atoms with Crippen LogP contribution in [0.15, 0.2) is 42.9 Å². The average Bonchev–Trinajstić information content (AvgIpc) is 3.16. The molecule has 4 rings (SSSR count). The van der Waals surface area contributed by atoms with E-state index in [4.69, 9.17) is 4.98 Å². The van der Waals surface area contributed by atoms with E-state index in [2.05, 4.69) is 26.7 Å². The van der Waals surface area contributed by atoms with Crippen LogP contribution in [-0.4, -0.2) is 87.7 Å². The van der Waals surface area contributed by atoms with Gasteiger partial charge in [0.25, 0.3) is 0 Å². The zero-order chi connectivity index (χ0) is 21.3. The van der Waals surface area contributed by atoms with Crippen molar-refractivity contribution < 1.29 is 8.42 Å². The van der Waals surface area contributed by atoms with E-state index in [1.807, 2.05) is 41.9 Å². The number of hydrogen-bond acceptors (Lipinski definition) is 7. The summed E-state index contributed by atoms with van der Waals surface area (Å²) in [5, 5.41) is 0. The Morgan fingerprint density at radius 1 is 1.17 bits per heavy atom. The van der Waals surface area contributed by atoms with Gasteiger partial charge in [0, 0.05) is 25.8 Å². The summed E-state index contributed by atoms with van der Waals surface area (Å²) in [4.78, 5) is 18.1. The predicted molar refractivity (Wildman–Crippen MR) is 116 cm³/mol. The van der Waals surface area contributed by atoms with Crippen LogP contribution < -0.4 is 0 Å². The van der Waals surface area contributed by atoms with Crippen LogP contribution in [0.2, 0.25) is 0 Å². The first-order valence-electron chi connectivity index (χ1n) is 10.0. The molecular formula is C20H27N7O2S. The molecule has 0 N–H and O–H groups in total. The molecule has 1 saturated heterocycles. The van der Waals surface area contributed by atoms with Gasteiger partial charge in [-0.15, -0.1) is 0 Å². The molecule has 1 aliphatic heterocycles. The highest BCUT2D eigenvalue weighted by Gasteiger charge is 2.32. The number of rotatable bonds is 6. The second-order valence-corrected chi connectivity index (χ2v) is 9.56. The van der Waals surface area contributed by atoms with Gasteiger partial charge in [0.15, 0.2) is 0 Å².